The summed E-state index contributed by atoms with van der Waals surface area (Å²) in [6, 6.07) is 0. The molecule has 130 valence electrons. The average molecular weight is 329 g/mol. The smallest absolute Gasteiger partial charge is 0.309 e. The van der Waals surface area contributed by atoms with E-state index in [2.05, 4.69) is 30.1 Å². The van der Waals surface area contributed by atoms with E-state index >= 15 is 0 Å². The van der Waals surface area contributed by atoms with Gasteiger partial charge in [0.1, 0.15) is 0 Å². The maximum absolute atomic E-state index is 11.8. The van der Waals surface area contributed by atoms with E-state index in [-0.39, 0.29) is 17.3 Å². The normalized spacial score (nSPS) is 27.8. The summed E-state index contributed by atoms with van der Waals surface area (Å²) in [5.41, 5.74) is 2.47. The molecule has 0 amide bonds. The first-order chi connectivity index (χ1) is 11.5. The molecular formula is C20H27NO3. The Bertz CT molecular complexity index is 621. The van der Waals surface area contributed by atoms with Crippen molar-refractivity contribution in [1.29, 1.82) is 0 Å². The zero-order valence-electron chi connectivity index (χ0n) is 14.6. The summed E-state index contributed by atoms with van der Waals surface area (Å²) in [6.45, 7) is 7.27. The first-order valence-electron chi connectivity index (χ1n) is 8.89. The molecule has 1 fully saturated rings. The van der Waals surface area contributed by atoms with Crippen LogP contribution in [0.5, 0.6) is 0 Å². The van der Waals surface area contributed by atoms with E-state index in [1.165, 1.54) is 11.1 Å². The number of aliphatic hydroxyl groups is 1. The molecule has 0 radical (unpaired) electrons. The molecular weight excluding hydrogens is 302 g/mol. The number of allylic oxidation sites excluding steroid dienone is 6. The first-order valence-corrected chi connectivity index (χ1v) is 8.89. The highest BCUT2D eigenvalue weighted by atomic mass is 16.5. The Hall–Kier alpha value is -1.81. The van der Waals surface area contributed by atoms with Crippen molar-refractivity contribution in [3.8, 4) is 0 Å². The van der Waals surface area contributed by atoms with Crippen LogP contribution in [0.2, 0.25) is 0 Å². The Labute approximate surface area is 144 Å². The van der Waals surface area contributed by atoms with E-state index in [1.54, 1.807) is 6.08 Å². The van der Waals surface area contributed by atoms with Gasteiger partial charge in [0.05, 0.1) is 18.3 Å². The second-order valence-corrected chi connectivity index (χ2v) is 7.23. The molecule has 4 heteroatoms. The van der Waals surface area contributed by atoms with Crippen LogP contribution >= 0.6 is 0 Å². The first kappa shape index (κ1) is 17.0. The fourth-order valence-electron chi connectivity index (χ4n) is 3.76. The van der Waals surface area contributed by atoms with E-state index < -0.39 is 0 Å². The van der Waals surface area contributed by atoms with Crippen LogP contribution < -0.4 is 0 Å². The Kier molecular flexibility index (Phi) is 4.95. The second kappa shape index (κ2) is 6.98. The lowest BCUT2D eigenvalue weighted by molar-refractivity contribution is -0.149. The Morgan fingerprint density at radius 2 is 2.12 bits per heavy atom. The number of carbonyl (C=O) groups is 1. The molecule has 2 aliphatic carbocycles. The highest BCUT2D eigenvalue weighted by molar-refractivity contribution is 5.72. The van der Waals surface area contributed by atoms with Crippen molar-refractivity contribution in [3.05, 3.63) is 47.3 Å². The van der Waals surface area contributed by atoms with Gasteiger partial charge in [-0.25, -0.2) is 0 Å². The Morgan fingerprint density at radius 1 is 1.38 bits per heavy atom. The predicted molar refractivity (Wildman–Crippen MR) is 94.5 cm³/mol. The van der Waals surface area contributed by atoms with Crippen LogP contribution in [0.3, 0.4) is 0 Å². The third-order valence-electron chi connectivity index (χ3n) is 5.28. The zero-order chi connectivity index (χ0) is 17.2. The molecule has 3 aliphatic rings. The van der Waals surface area contributed by atoms with E-state index in [1.807, 2.05) is 13.0 Å². The number of ether oxygens (including phenoxy) is 1. The molecule has 0 aromatic rings. The van der Waals surface area contributed by atoms with Crippen LogP contribution in [-0.2, 0) is 9.53 Å². The molecule has 1 heterocycles. The fraction of sp³-hybridized carbons (Fsp3) is 0.550. The maximum atomic E-state index is 11.8. The molecule has 4 nitrogen and oxygen atoms in total. The summed E-state index contributed by atoms with van der Waals surface area (Å²) >= 11 is 0. The van der Waals surface area contributed by atoms with Gasteiger partial charge in [-0.05, 0) is 50.1 Å². The number of carbonyl (C=O) groups excluding carboxylic acids is 1. The van der Waals surface area contributed by atoms with Gasteiger partial charge in [-0.2, -0.15) is 0 Å². The molecule has 24 heavy (non-hydrogen) atoms. The van der Waals surface area contributed by atoms with Crippen molar-refractivity contribution in [2.75, 3.05) is 26.2 Å². The molecule has 0 saturated carbocycles. The van der Waals surface area contributed by atoms with Crippen LogP contribution in [0.4, 0.5) is 0 Å². The molecule has 0 aromatic heterocycles. The van der Waals surface area contributed by atoms with Crippen LogP contribution in [0.25, 0.3) is 0 Å². The molecule has 0 aromatic carbocycles. The second-order valence-electron chi connectivity index (χ2n) is 7.23. The summed E-state index contributed by atoms with van der Waals surface area (Å²) in [6.07, 6.45) is 12.9. The number of nitrogens with zero attached hydrogens (tertiary/aromatic N) is 1. The van der Waals surface area contributed by atoms with Crippen molar-refractivity contribution in [1.82, 2.24) is 4.90 Å². The topological polar surface area (TPSA) is 49.8 Å². The maximum Gasteiger partial charge on any atom is 0.309 e. The molecule has 0 bridgehead atoms. The largest absolute Gasteiger partial charge is 0.512 e. The minimum Gasteiger partial charge on any atom is -0.512 e. The van der Waals surface area contributed by atoms with Crippen molar-refractivity contribution in [2.24, 2.45) is 11.3 Å². The van der Waals surface area contributed by atoms with Gasteiger partial charge < -0.3 is 9.84 Å². The van der Waals surface area contributed by atoms with Gasteiger partial charge >= 0.3 is 5.97 Å². The summed E-state index contributed by atoms with van der Waals surface area (Å²) in [5, 5.41) is 9.76. The number of esters is 1. The van der Waals surface area contributed by atoms with Gasteiger partial charge in [0.15, 0.2) is 0 Å². The van der Waals surface area contributed by atoms with Gasteiger partial charge in [-0.3, -0.25) is 9.69 Å². The quantitative estimate of drug-likeness (QED) is 0.802. The van der Waals surface area contributed by atoms with Gasteiger partial charge in [-0.1, -0.05) is 31.2 Å². The lowest BCUT2D eigenvalue weighted by Gasteiger charge is -2.35. The lowest BCUT2D eigenvalue weighted by Crippen LogP contribution is -2.38. The minimum atomic E-state index is -0.0841. The number of fused-ring (bicyclic) bond motifs is 1. The molecule has 0 spiro atoms. The highest BCUT2D eigenvalue weighted by Crippen LogP contribution is 2.42. The number of rotatable bonds is 4. The van der Waals surface area contributed by atoms with E-state index in [4.69, 9.17) is 4.74 Å². The molecule has 1 N–H and O–H groups in total. The van der Waals surface area contributed by atoms with E-state index in [0.29, 0.717) is 18.8 Å². The number of hydrogen-bond acceptors (Lipinski definition) is 4. The van der Waals surface area contributed by atoms with Crippen LogP contribution in [-0.4, -0.2) is 42.2 Å². The molecule has 1 unspecified atom stereocenters. The lowest BCUT2D eigenvalue weighted by atomic mass is 9.72. The van der Waals surface area contributed by atoms with Crippen LogP contribution in [0.1, 0.15) is 33.1 Å². The number of piperidine rings is 1. The molecule has 1 aliphatic heterocycles. The molecule has 3 rings (SSSR count). The third-order valence-corrected chi connectivity index (χ3v) is 5.28. The number of aliphatic hydroxyl groups excluding tert-OH is 1. The fourth-order valence-corrected chi connectivity index (χ4v) is 3.76. The summed E-state index contributed by atoms with van der Waals surface area (Å²) < 4.78 is 5.13. The van der Waals surface area contributed by atoms with E-state index in [9.17, 15) is 9.90 Å². The van der Waals surface area contributed by atoms with Gasteiger partial charge in [0.25, 0.3) is 0 Å². The minimum absolute atomic E-state index is 0.0383. The third kappa shape index (κ3) is 3.64. The van der Waals surface area contributed by atoms with Gasteiger partial charge in [-0.15, -0.1) is 0 Å². The SMILES string of the molecule is CCOC(=O)C1CCN(CC2=CC3=CC=C(O)CC3(C)C=C2)CC1. The monoisotopic (exact) mass is 329 g/mol. The summed E-state index contributed by atoms with van der Waals surface area (Å²) in [5.74, 6) is 0.474. The Morgan fingerprint density at radius 3 is 2.83 bits per heavy atom. The molecule has 1 saturated heterocycles. The zero-order valence-corrected chi connectivity index (χ0v) is 14.6. The summed E-state index contributed by atoms with van der Waals surface area (Å²) in [4.78, 5) is 14.2. The average Bonchev–Trinajstić information content (AvgIpc) is 2.56. The van der Waals surface area contributed by atoms with Gasteiger partial charge in [0.2, 0.25) is 0 Å². The van der Waals surface area contributed by atoms with E-state index in [0.717, 1.165) is 32.5 Å². The summed E-state index contributed by atoms with van der Waals surface area (Å²) in [7, 11) is 0. The Balaban J connectivity index is 1.58. The predicted octanol–water partition coefficient (Wildman–Crippen LogP) is 3.54. The standard InChI is InChI=1S/C20H27NO3/c1-3-24-19(23)16-7-10-21(11-8-16)14-15-6-9-20(2)13-18(22)5-4-17(20)12-15/h4-6,9,12,16,22H,3,7-8,10-11,13-14H2,1-2H3. The van der Waals surface area contributed by atoms with Crippen molar-refractivity contribution < 1.29 is 14.6 Å². The van der Waals surface area contributed by atoms with Crippen molar-refractivity contribution in [3.63, 3.8) is 0 Å². The van der Waals surface area contributed by atoms with Gasteiger partial charge in [0, 0.05) is 18.4 Å². The number of likely N-dealkylation sites (tertiary alicyclic amines) is 1. The van der Waals surface area contributed by atoms with Crippen LogP contribution in [0.15, 0.2) is 47.3 Å². The van der Waals surface area contributed by atoms with Crippen LogP contribution in [0, 0.1) is 11.3 Å². The van der Waals surface area contributed by atoms with Crippen molar-refractivity contribution >= 4 is 5.97 Å². The number of hydrogen-bond donors (Lipinski definition) is 1. The highest BCUT2D eigenvalue weighted by Gasteiger charge is 2.31. The molecule has 1 atom stereocenters. The van der Waals surface area contributed by atoms with Crippen molar-refractivity contribution in [2.45, 2.75) is 33.1 Å².